The highest BCUT2D eigenvalue weighted by atomic mass is 79.9. The molecule has 1 fully saturated rings. The number of hydrogen-bond donors (Lipinski definition) is 1. The number of halogens is 2. The summed E-state index contributed by atoms with van der Waals surface area (Å²) in [7, 11) is 3.81. The summed E-state index contributed by atoms with van der Waals surface area (Å²) in [6, 6.07) is 0.292. The Morgan fingerprint density at radius 2 is 2.20 bits per heavy atom. The van der Waals surface area contributed by atoms with Gasteiger partial charge >= 0.3 is 0 Å². The first-order valence-electron chi connectivity index (χ1n) is 8.58. The van der Waals surface area contributed by atoms with Crippen molar-refractivity contribution in [3.63, 3.8) is 0 Å². The van der Waals surface area contributed by atoms with E-state index in [1.165, 1.54) is 10.3 Å². The van der Waals surface area contributed by atoms with Crippen LogP contribution >= 0.6 is 27.5 Å². The number of anilines is 1. The highest BCUT2D eigenvalue weighted by Crippen LogP contribution is 2.32. The van der Waals surface area contributed by atoms with E-state index in [0.717, 1.165) is 31.6 Å². The van der Waals surface area contributed by atoms with Gasteiger partial charge in [-0.15, -0.1) is 11.6 Å². The van der Waals surface area contributed by atoms with Gasteiger partial charge < -0.3 is 10.2 Å². The third-order valence-corrected chi connectivity index (χ3v) is 6.15. The Morgan fingerprint density at radius 1 is 1.40 bits per heavy atom. The largest absolute Gasteiger partial charge is 0.379 e. The van der Waals surface area contributed by atoms with Gasteiger partial charge in [0.1, 0.15) is 4.47 Å². The molecular weight excluding hydrogens is 404 g/mol. The molecule has 0 saturated carbocycles. The first-order chi connectivity index (χ1) is 12.0. The summed E-state index contributed by atoms with van der Waals surface area (Å²) >= 11 is 9.31. The molecule has 1 unspecified atom stereocenters. The van der Waals surface area contributed by atoms with E-state index in [-0.39, 0.29) is 5.56 Å². The van der Waals surface area contributed by atoms with Gasteiger partial charge in [-0.3, -0.25) is 4.79 Å². The van der Waals surface area contributed by atoms with Gasteiger partial charge in [0, 0.05) is 32.1 Å². The fourth-order valence-electron chi connectivity index (χ4n) is 3.74. The molecule has 7 heteroatoms. The van der Waals surface area contributed by atoms with Crippen molar-refractivity contribution in [1.29, 1.82) is 0 Å². The summed E-state index contributed by atoms with van der Waals surface area (Å²) in [5, 5.41) is 7.63. The fourth-order valence-corrected chi connectivity index (χ4v) is 4.41. The number of likely N-dealkylation sites (tertiary alicyclic amines) is 1. The molecule has 0 spiro atoms. The zero-order valence-corrected chi connectivity index (χ0v) is 16.9. The monoisotopic (exact) mass is 426 g/mol. The molecular formula is C18H24BrClN4O. The van der Waals surface area contributed by atoms with E-state index in [1.807, 2.05) is 0 Å². The highest BCUT2D eigenvalue weighted by molar-refractivity contribution is 9.10. The smallest absolute Gasteiger partial charge is 0.282 e. The zero-order chi connectivity index (χ0) is 18.0. The number of aryl methyl sites for hydroxylation is 1. The molecule has 0 aromatic carbocycles. The molecule has 1 aromatic rings. The summed E-state index contributed by atoms with van der Waals surface area (Å²) < 4.78 is 1.88. The normalized spacial score (nSPS) is 27.2. The second-order valence-corrected chi connectivity index (χ2v) is 8.09. The predicted molar refractivity (Wildman–Crippen MR) is 106 cm³/mol. The van der Waals surface area contributed by atoms with Crippen molar-refractivity contribution in [1.82, 2.24) is 14.7 Å². The average molecular weight is 428 g/mol. The number of rotatable bonds is 4. The molecule has 1 aromatic heterocycles. The number of likely N-dealkylation sites (N-methyl/N-ethyl adjacent to an activating group) is 1. The Bertz CT molecular complexity index is 745. The van der Waals surface area contributed by atoms with E-state index < -0.39 is 0 Å². The fraction of sp³-hybridized carbons (Fsp3) is 0.556. The molecule has 5 nitrogen and oxygen atoms in total. The summed E-state index contributed by atoms with van der Waals surface area (Å²) in [6.07, 6.45) is 10.6. The maximum atomic E-state index is 12.0. The van der Waals surface area contributed by atoms with Crippen LogP contribution in [0.2, 0.25) is 0 Å². The van der Waals surface area contributed by atoms with E-state index in [0.29, 0.717) is 28.2 Å². The standard InChI is InChI=1S/C18H24BrClN4O/c1-23-10-14(13-5-3-12(8-20)4-6-13)7-15(11-23)22-16-9-21-24(2)18(25)17(16)19/h3-5,9,13-15,22H,6-8,10-11H2,1-2H3/t13?,14-,15+/m0/s1. The lowest BCUT2D eigenvalue weighted by molar-refractivity contribution is 0.165. The zero-order valence-electron chi connectivity index (χ0n) is 14.6. The maximum Gasteiger partial charge on any atom is 0.282 e. The number of nitrogens with one attached hydrogen (secondary N) is 1. The SMILES string of the molecule is CN1C[C@H](Nc2cnn(C)c(=O)c2Br)C[C@H](C2C=CC(CCl)=CC2)C1. The minimum absolute atomic E-state index is 0.125. The van der Waals surface area contributed by atoms with Crippen LogP contribution in [-0.2, 0) is 7.05 Å². The molecule has 0 radical (unpaired) electrons. The molecule has 1 aliphatic carbocycles. The first kappa shape index (κ1) is 18.7. The van der Waals surface area contributed by atoms with Gasteiger partial charge in [0.25, 0.3) is 5.56 Å². The Labute approximate surface area is 161 Å². The van der Waals surface area contributed by atoms with Crippen molar-refractivity contribution in [2.24, 2.45) is 18.9 Å². The summed E-state index contributed by atoms with van der Waals surface area (Å²) in [5.74, 6) is 1.71. The Hall–Kier alpha value is -1.11. The number of piperidine rings is 1. The molecule has 2 heterocycles. The molecule has 0 amide bonds. The Kier molecular flexibility index (Phi) is 6.02. The number of nitrogens with zero attached hydrogens (tertiary/aromatic N) is 3. The van der Waals surface area contributed by atoms with Crippen molar-refractivity contribution < 1.29 is 0 Å². The van der Waals surface area contributed by atoms with Crippen molar-refractivity contribution in [2.45, 2.75) is 18.9 Å². The average Bonchev–Trinajstić information content (AvgIpc) is 2.62. The van der Waals surface area contributed by atoms with Crippen LogP contribution in [0.1, 0.15) is 12.8 Å². The van der Waals surface area contributed by atoms with Gasteiger partial charge in [0.15, 0.2) is 0 Å². The van der Waals surface area contributed by atoms with Crippen LogP contribution in [0.15, 0.2) is 39.3 Å². The van der Waals surface area contributed by atoms with E-state index >= 15 is 0 Å². The lowest BCUT2D eigenvalue weighted by Crippen LogP contribution is -2.46. The van der Waals surface area contributed by atoms with E-state index in [2.05, 4.69) is 56.5 Å². The van der Waals surface area contributed by atoms with Crippen LogP contribution in [0.3, 0.4) is 0 Å². The number of aromatic nitrogens is 2. The third kappa shape index (κ3) is 4.36. The van der Waals surface area contributed by atoms with Gasteiger partial charge in [0.05, 0.1) is 11.9 Å². The van der Waals surface area contributed by atoms with E-state index in [1.54, 1.807) is 13.2 Å². The molecule has 1 saturated heterocycles. The van der Waals surface area contributed by atoms with Gasteiger partial charge in [-0.25, -0.2) is 4.68 Å². The van der Waals surface area contributed by atoms with Crippen LogP contribution in [0, 0.1) is 11.8 Å². The summed E-state index contributed by atoms with van der Waals surface area (Å²) in [4.78, 5) is 14.4. The Morgan fingerprint density at radius 3 is 2.88 bits per heavy atom. The van der Waals surface area contributed by atoms with Crippen LogP contribution in [0.5, 0.6) is 0 Å². The molecule has 25 heavy (non-hydrogen) atoms. The number of hydrogen-bond acceptors (Lipinski definition) is 4. The van der Waals surface area contributed by atoms with E-state index in [4.69, 9.17) is 11.6 Å². The van der Waals surface area contributed by atoms with Gasteiger partial charge in [-0.05, 0) is 53.2 Å². The topological polar surface area (TPSA) is 50.2 Å². The molecule has 3 atom stereocenters. The molecule has 1 aliphatic heterocycles. The van der Waals surface area contributed by atoms with E-state index in [9.17, 15) is 4.79 Å². The molecule has 0 bridgehead atoms. The maximum absolute atomic E-state index is 12.0. The molecule has 2 aliphatic rings. The van der Waals surface area contributed by atoms with Crippen LogP contribution in [0.25, 0.3) is 0 Å². The van der Waals surface area contributed by atoms with Gasteiger partial charge in [0.2, 0.25) is 0 Å². The summed E-state index contributed by atoms with van der Waals surface area (Å²) in [5.41, 5.74) is 1.86. The first-order valence-corrected chi connectivity index (χ1v) is 9.90. The van der Waals surface area contributed by atoms with Crippen molar-refractivity contribution in [3.05, 3.63) is 44.8 Å². The number of allylic oxidation sites excluding steroid dienone is 4. The second-order valence-electron chi connectivity index (χ2n) is 7.03. The third-order valence-electron chi connectivity index (χ3n) is 5.07. The lowest BCUT2D eigenvalue weighted by Gasteiger charge is -2.39. The Balaban J connectivity index is 1.69. The minimum atomic E-state index is -0.125. The quantitative estimate of drug-likeness (QED) is 0.751. The second kappa shape index (κ2) is 8.06. The minimum Gasteiger partial charge on any atom is -0.379 e. The van der Waals surface area contributed by atoms with Crippen molar-refractivity contribution in [3.8, 4) is 0 Å². The molecule has 136 valence electrons. The van der Waals surface area contributed by atoms with Crippen molar-refractivity contribution >= 4 is 33.2 Å². The van der Waals surface area contributed by atoms with Crippen LogP contribution in [0.4, 0.5) is 5.69 Å². The highest BCUT2D eigenvalue weighted by Gasteiger charge is 2.30. The van der Waals surface area contributed by atoms with Gasteiger partial charge in [-0.2, -0.15) is 5.10 Å². The molecule has 3 rings (SSSR count). The lowest BCUT2D eigenvalue weighted by atomic mass is 9.79. The summed E-state index contributed by atoms with van der Waals surface area (Å²) in [6.45, 7) is 2.05. The van der Waals surface area contributed by atoms with Crippen molar-refractivity contribution in [2.75, 3.05) is 31.3 Å². The molecule has 1 N–H and O–H groups in total. The van der Waals surface area contributed by atoms with Gasteiger partial charge in [-0.1, -0.05) is 18.2 Å². The van der Waals surface area contributed by atoms with Crippen LogP contribution < -0.4 is 10.9 Å². The van der Waals surface area contributed by atoms with Crippen LogP contribution in [-0.4, -0.2) is 46.7 Å². The number of alkyl halides is 1. The predicted octanol–water partition coefficient (Wildman–Crippen LogP) is 3.02.